The molecule has 1 aliphatic heterocycles. The third-order valence-electron chi connectivity index (χ3n) is 4.41. The lowest BCUT2D eigenvalue weighted by molar-refractivity contribution is -0.155. The molecule has 1 saturated heterocycles. The zero-order valence-electron chi connectivity index (χ0n) is 12.2. The molecule has 2 fully saturated rings. The average Bonchev–Trinajstić information content (AvgIpc) is 3.30. The topological polar surface area (TPSA) is 49.4 Å². The Bertz CT molecular complexity index is 580. The summed E-state index contributed by atoms with van der Waals surface area (Å²) in [5.41, 5.74) is -0.182. The minimum absolute atomic E-state index is 0.0506. The van der Waals surface area contributed by atoms with Crippen molar-refractivity contribution in [3.8, 4) is 0 Å². The lowest BCUT2D eigenvalue weighted by atomic mass is 9.86. The van der Waals surface area contributed by atoms with Gasteiger partial charge in [-0.05, 0) is 31.2 Å². The molecule has 1 aromatic carbocycles. The first kappa shape index (κ1) is 13.9. The van der Waals surface area contributed by atoms with E-state index in [9.17, 15) is 9.59 Å². The Kier molecular flexibility index (Phi) is 3.32. The first-order valence-electron chi connectivity index (χ1n) is 7.37. The van der Waals surface area contributed by atoms with E-state index in [1.807, 2.05) is 30.3 Å². The van der Waals surface area contributed by atoms with Gasteiger partial charge in [0.25, 0.3) is 5.91 Å². The molecular weight excluding hydrogens is 264 g/mol. The molecule has 1 heterocycles. The fraction of sp³-hybridized carbons (Fsp3) is 0.412. The van der Waals surface area contributed by atoms with E-state index in [4.69, 9.17) is 0 Å². The Labute approximate surface area is 124 Å². The molecule has 2 unspecified atom stereocenters. The summed E-state index contributed by atoms with van der Waals surface area (Å²) in [6, 6.07) is 9.07. The highest BCUT2D eigenvalue weighted by Gasteiger charge is 2.52. The number of hydrogen-bond donors (Lipinski definition) is 1. The molecule has 0 bridgehead atoms. The van der Waals surface area contributed by atoms with Crippen molar-refractivity contribution in [3.05, 3.63) is 48.6 Å². The van der Waals surface area contributed by atoms with Gasteiger partial charge in [-0.3, -0.25) is 9.59 Å². The van der Waals surface area contributed by atoms with Gasteiger partial charge in [0.05, 0.1) is 0 Å². The fourth-order valence-electron chi connectivity index (χ4n) is 3.11. The van der Waals surface area contributed by atoms with Crippen molar-refractivity contribution in [1.29, 1.82) is 0 Å². The van der Waals surface area contributed by atoms with Crippen LogP contribution >= 0.6 is 0 Å². The number of benzene rings is 1. The zero-order chi connectivity index (χ0) is 15.0. The monoisotopic (exact) mass is 284 g/mol. The summed E-state index contributed by atoms with van der Waals surface area (Å²) >= 11 is 0. The molecule has 1 saturated carbocycles. The van der Waals surface area contributed by atoms with Crippen LogP contribution in [0.5, 0.6) is 0 Å². The molecule has 0 spiro atoms. The molecule has 2 amide bonds. The largest absolute Gasteiger partial charge is 0.336 e. The number of rotatable bonds is 4. The minimum Gasteiger partial charge on any atom is -0.336 e. The van der Waals surface area contributed by atoms with Crippen LogP contribution in [0.25, 0.3) is 0 Å². The van der Waals surface area contributed by atoms with E-state index >= 15 is 0 Å². The number of nitrogens with one attached hydrogen (secondary N) is 1. The summed E-state index contributed by atoms with van der Waals surface area (Å²) < 4.78 is 0. The quantitative estimate of drug-likeness (QED) is 0.858. The second-order valence-electron chi connectivity index (χ2n) is 6.01. The summed E-state index contributed by atoms with van der Waals surface area (Å²) in [6.07, 6.45) is 3.72. The number of nitrogens with zero attached hydrogens (tertiary/aromatic N) is 1. The molecule has 1 aliphatic carbocycles. The maximum Gasteiger partial charge on any atom is 0.253 e. The second-order valence-corrected chi connectivity index (χ2v) is 6.01. The van der Waals surface area contributed by atoms with Gasteiger partial charge in [0.15, 0.2) is 0 Å². The maximum absolute atomic E-state index is 13.0. The van der Waals surface area contributed by atoms with Crippen LogP contribution in [0.15, 0.2) is 43.0 Å². The Hall–Kier alpha value is -2.10. The molecule has 0 aromatic heterocycles. The number of hydrogen-bond acceptors (Lipinski definition) is 2. The van der Waals surface area contributed by atoms with E-state index in [-0.39, 0.29) is 17.9 Å². The van der Waals surface area contributed by atoms with E-state index < -0.39 is 5.54 Å². The van der Waals surface area contributed by atoms with E-state index in [1.54, 1.807) is 17.9 Å². The van der Waals surface area contributed by atoms with Gasteiger partial charge >= 0.3 is 0 Å². The maximum atomic E-state index is 13.0. The number of carbonyl (C=O) groups is 2. The Morgan fingerprint density at radius 2 is 2.00 bits per heavy atom. The Morgan fingerprint density at radius 3 is 2.57 bits per heavy atom. The van der Waals surface area contributed by atoms with Gasteiger partial charge in [-0.25, -0.2) is 0 Å². The molecular formula is C17H20N2O2. The molecule has 4 heteroatoms. The number of piperazine rings is 1. The molecule has 21 heavy (non-hydrogen) atoms. The van der Waals surface area contributed by atoms with Gasteiger partial charge in [0, 0.05) is 6.54 Å². The first-order valence-corrected chi connectivity index (χ1v) is 7.37. The van der Waals surface area contributed by atoms with Crippen molar-refractivity contribution in [1.82, 2.24) is 10.2 Å². The SMILES string of the molecule is C=CCN1C(=O)C(C)(c2ccccc2)NC(=O)C1C1CC1. The Balaban J connectivity index is 1.99. The fourth-order valence-corrected chi connectivity index (χ4v) is 3.11. The van der Waals surface area contributed by atoms with Crippen molar-refractivity contribution >= 4 is 11.8 Å². The van der Waals surface area contributed by atoms with Crippen LogP contribution in [0.1, 0.15) is 25.3 Å². The lowest BCUT2D eigenvalue weighted by Crippen LogP contribution is -2.68. The van der Waals surface area contributed by atoms with Gasteiger partial charge in [0.1, 0.15) is 11.6 Å². The summed E-state index contributed by atoms with van der Waals surface area (Å²) in [4.78, 5) is 27.2. The molecule has 2 aliphatic rings. The van der Waals surface area contributed by atoms with Crippen LogP contribution in [0.2, 0.25) is 0 Å². The van der Waals surface area contributed by atoms with E-state index in [2.05, 4.69) is 11.9 Å². The van der Waals surface area contributed by atoms with Crippen LogP contribution in [0, 0.1) is 5.92 Å². The van der Waals surface area contributed by atoms with E-state index in [1.165, 1.54) is 0 Å². The highest BCUT2D eigenvalue weighted by molar-refractivity contribution is 6.00. The van der Waals surface area contributed by atoms with Crippen molar-refractivity contribution in [2.75, 3.05) is 6.54 Å². The van der Waals surface area contributed by atoms with Crippen molar-refractivity contribution < 1.29 is 9.59 Å². The summed E-state index contributed by atoms with van der Waals surface area (Å²) in [7, 11) is 0. The molecule has 4 nitrogen and oxygen atoms in total. The first-order chi connectivity index (χ1) is 10.1. The smallest absolute Gasteiger partial charge is 0.253 e. The zero-order valence-corrected chi connectivity index (χ0v) is 12.2. The van der Waals surface area contributed by atoms with Crippen molar-refractivity contribution in [2.24, 2.45) is 5.92 Å². The predicted octanol–water partition coefficient (Wildman–Crippen LogP) is 1.82. The number of carbonyl (C=O) groups excluding carboxylic acids is 2. The summed E-state index contributed by atoms with van der Waals surface area (Å²) in [6.45, 7) is 5.92. The second kappa shape index (κ2) is 5.02. The molecule has 1 aromatic rings. The van der Waals surface area contributed by atoms with E-state index in [0.717, 1.165) is 18.4 Å². The molecule has 110 valence electrons. The van der Waals surface area contributed by atoms with Gasteiger partial charge in [0.2, 0.25) is 5.91 Å². The molecule has 3 rings (SSSR count). The molecule has 2 atom stereocenters. The van der Waals surface area contributed by atoms with Crippen LogP contribution < -0.4 is 5.32 Å². The van der Waals surface area contributed by atoms with Gasteiger partial charge in [-0.1, -0.05) is 36.4 Å². The lowest BCUT2D eigenvalue weighted by Gasteiger charge is -2.44. The van der Waals surface area contributed by atoms with Crippen LogP contribution in [-0.2, 0) is 15.1 Å². The number of amides is 2. The van der Waals surface area contributed by atoms with Gasteiger partial charge < -0.3 is 10.2 Å². The van der Waals surface area contributed by atoms with E-state index in [0.29, 0.717) is 12.5 Å². The average molecular weight is 284 g/mol. The van der Waals surface area contributed by atoms with Crippen molar-refractivity contribution in [2.45, 2.75) is 31.3 Å². The highest BCUT2D eigenvalue weighted by Crippen LogP contribution is 2.39. The third kappa shape index (κ3) is 2.24. The standard InChI is InChI=1S/C17H20N2O2/c1-3-11-19-14(12-9-10-12)15(20)18-17(2,16(19)21)13-7-5-4-6-8-13/h3-8,12,14H,1,9-11H2,2H3,(H,18,20). The molecule has 1 N–H and O–H groups in total. The van der Waals surface area contributed by atoms with Gasteiger partial charge in [-0.2, -0.15) is 0 Å². The summed E-state index contributed by atoms with van der Waals surface area (Å²) in [5.74, 6) is 0.199. The summed E-state index contributed by atoms with van der Waals surface area (Å²) in [5, 5.41) is 2.95. The minimum atomic E-state index is -0.993. The highest BCUT2D eigenvalue weighted by atomic mass is 16.2. The van der Waals surface area contributed by atoms with Crippen molar-refractivity contribution in [3.63, 3.8) is 0 Å². The predicted molar refractivity (Wildman–Crippen MR) is 80.4 cm³/mol. The Morgan fingerprint density at radius 1 is 1.33 bits per heavy atom. The van der Waals surface area contributed by atoms with Gasteiger partial charge in [-0.15, -0.1) is 6.58 Å². The molecule has 0 radical (unpaired) electrons. The normalized spacial score (nSPS) is 29.2. The van der Waals surface area contributed by atoms with Crippen LogP contribution in [0.4, 0.5) is 0 Å². The van der Waals surface area contributed by atoms with Crippen LogP contribution in [-0.4, -0.2) is 29.3 Å². The van der Waals surface area contributed by atoms with Crippen LogP contribution in [0.3, 0.4) is 0 Å². The third-order valence-corrected chi connectivity index (χ3v) is 4.41.